The standard InChI is InChI=1S/C19H23N/c1-3-14-7-5-8-15(13-14)16-9-6-10-18-17(16)11-12-19(18)20-4-2/h5-10,13,19-20H,3-4,11-12H2,1-2H3. The summed E-state index contributed by atoms with van der Waals surface area (Å²) in [6, 6.07) is 16.3. The van der Waals surface area contributed by atoms with E-state index in [0.717, 1.165) is 13.0 Å². The molecule has 0 spiro atoms. The number of fused-ring (bicyclic) bond motifs is 1. The molecule has 2 aromatic carbocycles. The SMILES string of the molecule is CCNC1CCc2c(-c3cccc(CC)c3)cccc21. The maximum atomic E-state index is 3.60. The highest BCUT2D eigenvalue weighted by molar-refractivity contribution is 5.70. The second-order valence-electron chi connectivity index (χ2n) is 5.58. The van der Waals surface area contributed by atoms with Crippen LogP contribution in [0, 0.1) is 0 Å². The molecule has 0 aliphatic heterocycles. The van der Waals surface area contributed by atoms with E-state index in [1.54, 1.807) is 5.56 Å². The lowest BCUT2D eigenvalue weighted by Gasteiger charge is -2.14. The third-order valence-electron chi connectivity index (χ3n) is 4.37. The van der Waals surface area contributed by atoms with E-state index in [-0.39, 0.29) is 0 Å². The van der Waals surface area contributed by atoms with Crippen molar-refractivity contribution in [3.8, 4) is 11.1 Å². The lowest BCUT2D eigenvalue weighted by Crippen LogP contribution is -2.18. The van der Waals surface area contributed by atoms with Crippen LogP contribution in [-0.2, 0) is 12.8 Å². The number of nitrogens with one attached hydrogen (secondary N) is 1. The molecule has 0 bridgehead atoms. The molecule has 1 heteroatoms. The third-order valence-corrected chi connectivity index (χ3v) is 4.37. The summed E-state index contributed by atoms with van der Waals surface area (Å²) in [6.45, 7) is 5.45. The van der Waals surface area contributed by atoms with Gasteiger partial charge in [0.2, 0.25) is 0 Å². The van der Waals surface area contributed by atoms with E-state index in [1.807, 2.05) is 0 Å². The van der Waals surface area contributed by atoms with Gasteiger partial charge in [-0.2, -0.15) is 0 Å². The van der Waals surface area contributed by atoms with Crippen molar-refractivity contribution in [1.82, 2.24) is 5.32 Å². The van der Waals surface area contributed by atoms with Gasteiger partial charge in [0.15, 0.2) is 0 Å². The maximum absolute atomic E-state index is 3.60. The number of hydrogen-bond acceptors (Lipinski definition) is 1. The summed E-state index contributed by atoms with van der Waals surface area (Å²) in [5.41, 5.74) is 7.27. The van der Waals surface area contributed by atoms with Crippen LogP contribution in [0.1, 0.15) is 43.0 Å². The molecule has 1 atom stereocenters. The van der Waals surface area contributed by atoms with E-state index in [1.165, 1.54) is 35.1 Å². The first kappa shape index (κ1) is 13.4. The van der Waals surface area contributed by atoms with Crippen LogP contribution in [0.25, 0.3) is 11.1 Å². The lowest BCUT2D eigenvalue weighted by atomic mass is 9.95. The predicted octanol–water partition coefficient (Wildman–Crippen LogP) is 4.51. The molecule has 0 radical (unpaired) electrons. The van der Waals surface area contributed by atoms with Crippen LogP contribution in [-0.4, -0.2) is 6.54 Å². The van der Waals surface area contributed by atoms with Crippen molar-refractivity contribution < 1.29 is 0 Å². The second-order valence-corrected chi connectivity index (χ2v) is 5.58. The fourth-order valence-corrected chi connectivity index (χ4v) is 3.34. The Balaban J connectivity index is 2.03. The molecule has 0 fully saturated rings. The van der Waals surface area contributed by atoms with Crippen molar-refractivity contribution in [3.63, 3.8) is 0 Å². The Bertz CT molecular complexity index is 600. The summed E-state index contributed by atoms with van der Waals surface area (Å²) in [6.07, 6.45) is 3.52. The van der Waals surface area contributed by atoms with Gasteiger partial charge in [0.05, 0.1) is 0 Å². The first-order chi connectivity index (χ1) is 9.83. The summed E-state index contributed by atoms with van der Waals surface area (Å²) in [5, 5.41) is 3.60. The maximum Gasteiger partial charge on any atom is 0.0326 e. The highest BCUT2D eigenvalue weighted by atomic mass is 14.9. The first-order valence-electron chi connectivity index (χ1n) is 7.78. The van der Waals surface area contributed by atoms with Crippen molar-refractivity contribution in [2.45, 2.75) is 39.2 Å². The number of hydrogen-bond donors (Lipinski definition) is 1. The summed E-state index contributed by atoms with van der Waals surface area (Å²) >= 11 is 0. The number of aryl methyl sites for hydroxylation is 1. The smallest absolute Gasteiger partial charge is 0.0326 e. The van der Waals surface area contributed by atoms with E-state index in [4.69, 9.17) is 0 Å². The number of rotatable bonds is 4. The zero-order chi connectivity index (χ0) is 13.9. The van der Waals surface area contributed by atoms with Crippen LogP contribution in [0.5, 0.6) is 0 Å². The fourth-order valence-electron chi connectivity index (χ4n) is 3.34. The van der Waals surface area contributed by atoms with Crippen molar-refractivity contribution in [2.24, 2.45) is 0 Å². The van der Waals surface area contributed by atoms with Crippen molar-refractivity contribution in [3.05, 3.63) is 59.2 Å². The van der Waals surface area contributed by atoms with Crippen LogP contribution in [0.15, 0.2) is 42.5 Å². The largest absolute Gasteiger partial charge is 0.310 e. The second kappa shape index (κ2) is 5.80. The van der Waals surface area contributed by atoms with E-state index in [0.29, 0.717) is 6.04 Å². The molecule has 3 rings (SSSR count). The van der Waals surface area contributed by atoms with Gasteiger partial charge >= 0.3 is 0 Å². The Morgan fingerprint density at radius 1 is 1.10 bits per heavy atom. The quantitative estimate of drug-likeness (QED) is 0.857. The van der Waals surface area contributed by atoms with Gasteiger partial charge in [0.1, 0.15) is 0 Å². The summed E-state index contributed by atoms with van der Waals surface area (Å²) < 4.78 is 0. The summed E-state index contributed by atoms with van der Waals surface area (Å²) in [7, 11) is 0. The normalized spacial score (nSPS) is 17.2. The minimum absolute atomic E-state index is 0.546. The molecular formula is C19H23N. The Morgan fingerprint density at radius 2 is 1.95 bits per heavy atom. The van der Waals surface area contributed by atoms with Gasteiger partial charge in [-0.3, -0.25) is 0 Å². The Kier molecular flexibility index (Phi) is 3.88. The predicted molar refractivity (Wildman–Crippen MR) is 86.0 cm³/mol. The van der Waals surface area contributed by atoms with Crippen LogP contribution in [0.4, 0.5) is 0 Å². The zero-order valence-corrected chi connectivity index (χ0v) is 12.4. The van der Waals surface area contributed by atoms with Gasteiger partial charge in [-0.15, -0.1) is 0 Å². The molecule has 1 aliphatic carbocycles. The van der Waals surface area contributed by atoms with Gasteiger partial charge in [0.25, 0.3) is 0 Å². The molecule has 0 amide bonds. The molecule has 1 aliphatic rings. The minimum atomic E-state index is 0.546. The molecule has 20 heavy (non-hydrogen) atoms. The van der Waals surface area contributed by atoms with E-state index >= 15 is 0 Å². The van der Waals surface area contributed by atoms with Crippen molar-refractivity contribution in [2.75, 3.05) is 6.54 Å². The molecule has 1 nitrogen and oxygen atoms in total. The topological polar surface area (TPSA) is 12.0 Å². The van der Waals surface area contributed by atoms with Crippen LogP contribution in [0.2, 0.25) is 0 Å². The lowest BCUT2D eigenvalue weighted by molar-refractivity contribution is 0.549. The van der Waals surface area contributed by atoms with Gasteiger partial charge in [-0.25, -0.2) is 0 Å². The summed E-state index contributed by atoms with van der Waals surface area (Å²) in [5.74, 6) is 0. The number of benzene rings is 2. The van der Waals surface area contributed by atoms with Gasteiger partial charge in [0, 0.05) is 6.04 Å². The van der Waals surface area contributed by atoms with Crippen LogP contribution < -0.4 is 5.32 Å². The van der Waals surface area contributed by atoms with Gasteiger partial charge in [-0.1, -0.05) is 56.3 Å². The van der Waals surface area contributed by atoms with Crippen molar-refractivity contribution >= 4 is 0 Å². The first-order valence-corrected chi connectivity index (χ1v) is 7.78. The zero-order valence-electron chi connectivity index (χ0n) is 12.4. The Labute approximate surface area is 122 Å². The van der Waals surface area contributed by atoms with E-state index < -0.39 is 0 Å². The van der Waals surface area contributed by atoms with E-state index in [2.05, 4.69) is 61.6 Å². The molecule has 0 heterocycles. The van der Waals surface area contributed by atoms with Crippen molar-refractivity contribution in [1.29, 1.82) is 0 Å². The third kappa shape index (κ3) is 2.38. The molecule has 1 unspecified atom stereocenters. The highest BCUT2D eigenvalue weighted by Gasteiger charge is 2.23. The average molecular weight is 265 g/mol. The monoisotopic (exact) mass is 265 g/mol. The molecule has 0 aromatic heterocycles. The Morgan fingerprint density at radius 3 is 2.75 bits per heavy atom. The minimum Gasteiger partial charge on any atom is -0.310 e. The molecular weight excluding hydrogens is 242 g/mol. The van der Waals surface area contributed by atoms with E-state index in [9.17, 15) is 0 Å². The Hall–Kier alpha value is -1.60. The van der Waals surface area contributed by atoms with Gasteiger partial charge in [-0.05, 0) is 53.6 Å². The average Bonchev–Trinajstić information content (AvgIpc) is 2.91. The summed E-state index contributed by atoms with van der Waals surface area (Å²) in [4.78, 5) is 0. The fraction of sp³-hybridized carbons (Fsp3) is 0.368. The van der Waals surface area contributed by atoms with Gasteiger partial charge < -0.3 is 5.32 Å². The van der Waals surface area contributed by atoms with Crippen LogP contribution >= 0.6 is 0 Å². The molecule has 2 aromatic rings. The molecule has 0 saturated heterocycles. The molecule has 104 valence electrons. The molecule has 0 saturated carbocycles. The highest BCUT2D eigenvalue weighted by Crippen LogP contribution is 2.37. The molecule has 1 N–H and O–H groups in total. The van der Waals surface area contributed by atoms with Crippen LogP contribution in [0.3, 0.4) is 0 Å².